The molecule has 0 saturated carbocycles. The van der Waals surface area contributed by atoms with Crippen molar-refractivity contribution in [3.05, 3.63) is 33.5 Å². The third kappa shape index (κ3) is 2.85. The first kappa shape index (κ1) is 13.0. The van der Waals surface area contributed by atoms with Gasteiger partial charge in [0.05, 0.1) is 11.2 Å². The molecule has 2 aromatic rings. The molecular weight excluding hydrogens is 246 g/mol. The van der Waals surface area contributed by atoms with E-state index in [9.17, 15) is 4.79 Å². The van der Waals surface area contributed by atoms with Gasteiger partial charge in [0.2, 0.25) is 0 Å². The molecule has 0 aliphatic carbocycles. The van der Waals surface area contributed by atoms with E-state index < -0.39 is 0 Å². The molecule has 0 aromatic carbocycles. The zero-order chi connectivity index (χ0) is 13.1. The molecule has 96 valence electrons. The van der Waals surface area contributed by atoms with E-state index >= 15 is 0 Å². The van der Waals surface area contributed by atoms with E-state index in [1.807, 2.05) is 25.6 Å². The maximum atomic E-state index is 11.9. The standard InChI is InChI=1S/C13H17N3OS/c1-9-13(10(2)16(3)15-9)5-4-11(17)6-12-7-14-8-18-12/h7-8H,4-6H2,1-3H3. The molecule has 0 aliphatic heterocycles. The molecule has 0 unspecified atom stereocenters. The fourth-order valence-corrected chi connectivity index (χ4v) is 2.68. The number of rotatable bonds is 5. The Labute approximate surface area is 111 Å². The van der Waals surface area contributed by atoms with E-state index in [1.165, 1.54) is 16.9 Å². The number of nitrogens with zero attached hydrogens (tertiary/aromatic N) is 3. The molecule has 0 spiro atoms. The van der Waals surface area contributed by atoms with Crippen LogP contribution in [0.15, 0.2) is 11.7 Å². The van der Waals surface area contributed by atoms with Crippen LogP contribution in [0.5, 0.6) is 0 Å². The average Bonchev–Trinajstić information content (AvgIpc) is 2.88. The monoisotopic (exact) mass is 263 g/mol. The summed E-state index contributed by atoms with van der Waals surface area (Å²) in [5.41, 5.74) is 5.15. The van der Waals surface area contributed by atoms with Gasteiger partial charge in [0.1, 0.15) is 5.78 Å². The number of thiazole rings is 1. The lowest BCUT2D eigenvalue weighted by Crippen LogP contribution is -2.04. The minimum absolute atomic E-state index is 0.266. The summed E-state index contributed by atoms with van der Waals surface area (Å²) in [6, 6.07) is 0. The number of ketones is 1. The normalized spacial score (nSPS) is 10.8. The van der Waals surface area contributed by atoms with Gasteiger partial charge in [-0.2, -0.15) is 5.10 Å². The first-order valence-electron chi connectivity index (χ1n) is 5.96. The lowest BCUT2D eigenvalue weighted by molar-refractivity contribution is -0.118. The summed E-state index contributed by atoms with van der Waals surface area (Å²) in [4.78, 5) is 16.9. The average molecular weight is 263 g/mol. The summed E-state index contributed by atoms with van der Waals surface area (Å²) in [6.45, 7) is 4.04. The van der Waals surface area contributed by atoms with Crippen molar-refractivity contribution in [3.8, 4) is 0 Å². The molecule has 5 heteroatoms. The number of Topliss-reactive ketones (excluding diaryl/α,β-unsaturated/α-hetero) is 1. The predicted octanol–water partition coefficient (Wildman–Crippen LogP) is 2.24. The maximum Gasteiger partial charge on any atom is 0.138 e. The zero-order valence-corrected chi connectivity index (χ0v) is 11.8. The Kier molecular flexibility index (Phi) is 3.91. The van der Waals surface area contributed by atoms with E-state index in [2.05, 4.69) is 10.1 Å². The second-order valence-corrected chi connectivity index (χ2v) is 5.43. The topological polar surface area (TPSA) is 47.8 Å². The van der Waals surface area contributed by atoms with Crippen molar-refractivity contribution < 1.29 is 4.79 Å². The Morgan fingerprint density at radius 3 is 2.78 bits per heavy atom. The first-order chi connectivity index (χ1) is 8.58. The van der Waals surface area contributed by atoms with Crippen LogP contribution >= 0.6 is 11.3 Å². The maximum absolute atomic E-state index is 11.9. The van der Waals surface area contributed by atoms with E-state index in [-0.39, 0.29) is 5.78 Å². The molecular formula is C13H17N3OS. The molecule has 0 N–H and O–H groups in total. The van der Waals surface area contributed by atoms with Gasteiger partial charge in [-0.15, -0.1) is 11.3 Å². The summed E-state index contributed by atoms with van der Waals surface area (Å²) in [5.74, 6) is 0.266. The molecule has 0 fully saturated rings. The number of carbonyl (C=O) groups excluding carboxylic acids is 1. The Hall–Kier alpha value is -1.49. The Bertz CT molecular complexity index is 543. The van der Waals surface area contributed by atoms with Gasteiger partial charge >= 0.3 is 0 Å². The minimum Gasteiger partial charge on any atom is -0.299 e. The SMILES string of the molecule is Cc1nn(C)c(C)c1CCC(=O)Cc1cncs1. The van der Waals surface area contributed by atoms with Gasteiger partial charge in [0.25, 0.3) is 0 Å². The smallest absolute Gasteiger partial charge is 0.138 e. The molecule has 0 aliphatic rings. The highest BCUT2D eigenvalue weighted by Gasteiger charge is 2.12. The summed E-state index contributed by atoms with van der Waals surface area (Å²) >= 11 is 1.53. The molecule has 4 nitrogen and oxygen atoms in total. The van der Waals surface area contributed by atoms with Crippen molar-refractivity contribution in [2.45, 2.75) is 33.1 Å². The van der Waals surface area contributed by atoms with Gasteiger partial charge in [-0.1, -0.05) is 0 Å². The number of hydrogen-bond acceptors (Lipinski definition) is 4. The minimum atomic E-state index is 0.266. The lowest BCUT2D eigenvalue weighted by Gasteiger charge is -2.01. The number of aryl methyl sites for hydroxylation is 2. The third-order valence-electron chi connectivity index (χ3n) is 3.17. The molecule has 0 amide bonds. The number of carbonyl (C=O) groups is 1. The summed E-state index contributed by atoms with van der Waals surface area (Å²) in [7, 11) is 1.94. The number of aromatic nitrogens is 3. The van der Waals surface area contributed by atoms with Gasteiger partial charge in [-0.3, -0.25) is 14.5 Å². The fourth-order valence-electron chi connectivity index (χ4n) is 2.06. The Balaban J connectivity index is 1.93. The van der Waals surface area contributed by atoms with Gasteiger partial charge in [0.15, 0.2) is 0 Å². The Morgan fingerprint density at radius 1 is 1.44 bits per heavy atom. The molecule has 2 heterocycles. The summed E-state index contributed by atoms with van der Waals surface area (Å²) < 4.78 is 1.87. The van der Waals surface area contributed by atoms with E-state index in [1.54, 1.807) is 11.7 Å². The highest BCUT2D eigenvalue weighted by Crippen LogP contribution is 2.15. The highest BCUT2D eigenvalue weighted by molar-refractivity contribution is 7.09. The molecule has 18 heavy (non-hydrogen) atoms. The molecule has 2 rings (SSSR count). The highest BCUT2D eigenvalue weighted by atomic mass is 32.1. The molecule has 0 bridgehead atoms. The van der Waals surface area contributed by atoms with Crippen LogP contribution in [0.4, 0.5) is 0 Å². The van der Waals surface area contributed by atoms with Crippen molar-refractivity contribution in [1.82, 2.24) is 14.8 Å². The van der Waals surface area contributed by atoms with Crippen LogP contribution in [0.2, 0.25) is 0 Å². The van der Waals surface area contributed by atoms with E-state index in [4.69, 9.17) is 0 Å². The second-order valence-electron chi connectivity index (χ2n) is 4.46. The largest absolute Gasteiger partial charge is 0.299 e. The van der Waals surface area contributed by atoms with Crippen molar-refractivity contribution in [2.24, 2.45) is 7.05 Å². The van der Waals surface area contributed by atoms with E-state index in [0.29, 0.717) is 12.8 Å². The second kappa shape index (κ2) is 5.44. The molecule has 0 saturated heterocycles. The molecule has 0 radical (unpaired) electrons. The first-order valence-corrected chi connectivity index (χ1v) is 6.84. The third-order valence-corrected chi connectivity index (χ3v) is 3.95. The van der Waals surface area contributed by atoms with Crippen LogP contribution in [0.1, 0.15) is 28.2 Å². The van der Waals surface area contributed by atoms with Crippen LogP contribution in [-0.2, 0) is 24.7 Å². The summed E-state index contributed by atoms with van der Waals surface area (Å²) in [5, 5.41) is 4.36. The van der Waals surface area contributed by atoms with Gasteiger partial charge in [0, 0.05) is 36.7 Å². The molecule has 2 aromatic heterocycles. The molecule has 0 atom stereocenters. The predicted molar refractivity (Wildman–Crippen MR) is 71.8 cm³/mol. The van der Waals surface area contributed by atoms with E-state index in [0.717, 1.165) is 22.7 Å². The van der Waals surface area contributed by atoms with Gasteiger partial charge in [-0.05, 0) is 25.8 Å². The number of hydrogen-bond donors (Lipinski definition) is 0. The fraction of sp³-hybridized carbons (Fsp3) is 0.462. The van der Waals surface area contributed by atoms with Crippen LogP contribution in [0.25, 0.3) is 0 Å². The zero-order valence-electron chi connectivity index (χ0n) is 10.9. The lowest BCUT2D eigenvalue weighted by atomic mass is 10.0. The van der Waals surface area contributed by atoms with Crippen molar-refractivity contribution in [3.63, 3.8) is 0 Å². The quantitative estimate of drug-likeness (QED) is 0.831. The Morgan fingerprint density at radius 2 is 2.22 bits per heavy atom. The van der Waals surface area contributed by atoms with Crippen LogP contribution < -0.4 is 0 Å². The van der Waals surface area contributed by atoms with Crippen LogP contribution in [-0.4, -0.2) is 20.5 Å². The van der Waals surface area contributed by atoms with Gasteiger partial charge in [-0.25, -0.2) is 0 Å². The van der Waals surface area contributed by atoms with Crippen molar-refractivity contribution >= 4 is 17.1 Å². The van der Waals surface area contributed by atoms with Gasteiger partial charge < -0.3 is 0 Å². The van der Waals surface area contributed by atoms with Crippen molar-refractivity contribution in [1.29, 1.82) is 0 Å². The van der Waals surface area contributed by atoms with Crippen molar-refractivity contribution in [2.75, 3.05) is 0 Å². The van der Waals surface area contributed by atoms with Crippen LogP contribution in [0.3, 0.4) is 0 Å². The van der Waals surface area contributed by atoms with Crippen LogP contribution in [0, 0.1) is 13.8 Å². The summed E-state index contributed by atoms with van der Waals surface area (Å²) in [6.07, 6.45) is 3.63.